The minimum absolute atomic E-state index is 0.0769. The van der Waals surface area contributed by atoms with Crippen molar-refractivity contribution in [2.75, 3.05) is 13.2 Å². The maximum Gasteiger partial charge on any atom is 0.342 e. The molecule has 1 amide bonds. The number of esters is 1. The standard InChI is InChI=1S/C18H18N2O5/c1-4-9-19-17(21)11-24-18(22)14-7-5-6-8-16(14)23-10-15-12(2)20-25-13(15)3/h1,5-8H,9-11H2,2-3H3,(H,19,21). The van der Waals surface area contributed by atoms with Gasteiger partial charge >= 0.3 is 5.97 Å². The second kappa shape index (κ2) is 8.55. The SMILES string of the molecule is C#CCNC(=O)COC(=O)c1ccccc1OCc1c(C)noc1C. The molecule has 0 aliphatic heterocycles. The van der Waals surface area contributed by atoms with Gasteiger partial charge in [0.05, 0.1) is 17.8 Å². The van der Waals surface area contributed by atoms with E-state index in [0.717, 1.165) is 11.3 Å². The van der Waals surface area contributed by atoms with E-state index in [1.54, 1.807) is 31.2 Å². The smallest absolute Gasteiger partial charge is 0.342 e. The van der Waals surface area contributed by atoms with Crippen LogP contribution in [0.5, 0.6) is 5.75 Å². The van der Waals surface area contributed by atoms with Gasteiger partial charge in [-0.25, -0.2) is 4.79 Å². The number of rotatable bonds is 7. The topological polar surface area (TPSA) is 90.7 Å². The number of para-hydroxylation sites is 1. The Kier molecular flexibility index (Phi) is 6.18. The number of hydrogen-bond donors (Lipinski definition) is 1. The first-order valence-electron chi connectivity index (χ1n) is 7.53. The van der Waals surface area contributed by atoms with Crippen LogP contribution in [-0.2, 0) is 16.1 Å². The van der Waals surface area contributed by atoms with Gasteiger partial charge in [0.15, 0.2) is 6.61 Å². The van der Waals surface area contributed by atoms with E-state index in [4.69, 9.17) is 20.4 Å². The molecule has 0 saturated carbocycles. The fraction of sp³-hybridized carbons (Fsp3) is 0.278. The maximum atomic E-state index is 12.2. The van der Waals surface area contributed by atoms with Crippen molar-refractivity contribution in [3.8, 4) is 18.1 Å². The van der Waals surface area contributed by atoms with E-state index < -0.39 is 18.5 Å². The lowest BCUT2D eigenvalue weighted by molar-refractivity contribution is -0.123. The van der Waals surface area contributed by atoms with Crippen molar-refractivity contribution < 1.29 is 23.6 Å². The van der Waals surface area contributed by atoms with Crippen LogP contribution in [0.2, 0.25) is 0 Å². The Bertz CT molecular complexity index is 785. The van der Waals surface area contributed by atoms with Crippen molar-refractivity contribution in [2.45, 2.75) is 20.5 Å². The van der Waals surface area contributed by atoms with E-state index in [2.05, 4.69) is 16.4 Å². The predicted octanol–water partition coefficient (Wildman–Crippen LogP) is 1.78. The number of aryl methyl sites for hydroxylation is 2. The van der Waals surface area contributed by atoms with Gasteiger partial charge in [0.2, 0.25) is 0 Å². The van der Waals surface area contributed by atoms with Crippen LogP contribution in [0.25, 0.3) is 0 Å². The van der Waals surface area contributed by atoms with Gasteiger partial charge in [-0.05, 0) is 26.0 Å². The average Bonchev–Trinajstić information content (AvgIpc) is 2.94. The summed E-state index contributed by atoms with van der Waals surface area (Å²) in [5.41, 5.74) is 1.76. The number of carbonyl (C=O) groups is 2. The van der Waals surface area contributed by atoms with Crippen LogP contribution in [0.3, 0.4) is 0 Å². The molecule has 0 fully saturated rings. The highest BCUT2D eigenvalue weighted by Crippen LogP contribution is 2.22. The van der Waals surface area contributed by atoms with Crippen LogP contribution < -0.4 is 10.1 Å². The molecule has 1 aromatic heterocycles. The van der Waals surface area contributed by atoms with Crippen molar-refractivity contribution in [1.29, 1.82) is 0 Å². The van der Waals surface area contributed by atoms with Crippen molar-refractivity contribution in [3.63, 3.8) is 0 Å². The molecule has 1 aromatic carbocycles. The quantitative estimate of drug-likeness (QED) is 0.609. The third-order valence-electron chi connectivity index (χ3n) is 3.38. The van der Waals surface area contributed by atoms with Gasteiger partial charge in [-0.15, -0.1) is 6.42 Å². The van der Waals surface area contributed by atoms with Crippen LogP contribution in [0.1, 0.15) is 27.4 Å². The van der Waals surface area contributed by atoms with E-state index in [0.29, 0.717) is 11.5 Å². The number of nitrogens with zero attached hydrogens (tertiary/aromatic N) is 1. The molecular formula is C18H18N2O5. The van der Waals surface area contributed by atoms with Gasteiger partial charge in [-0.3, -0.25) is 4.79 Å². The molecule has 1 N–H and O–H groups in total. The Balaban J connectivity index is 2.01. The lowest BCUT2D eigenvalue weighted by atomic mass is 10.2. The zero-order chi connectivity index (χ0) is 18.2. The second-order valence-electron chi connectivity index (χ2n) is 5.14. The van der Waals surface area contributed by atoms with Gasteiger partial charge in [-0.2, -0.15) is 0 Å². The molecule has 0 atom stereocenters. The number of terminal acetylenes is 1. The Labute approximate surface area is 145 Å². The molecular weight excluding hydrogens is 324 g/mol. The summed E-state index contributed by atoms with van der Waals surface area (Å²) in [5.74, 6) is 2.13. The molecule has 1 heterocycles. The lowest BCUT2D eigenvalue weighted by Crippen LogP contribution is -2.29. The molecule has 130 valence electrons. The summed E-state index contributed by atoms with van der Waals surface area (Å²) in [5, 5.41) is 6.26. The molecule has 0 unspecified atom stereocenters. The molecule has 7 heteroatoms. The molecule has 7 nitrogen and oxygen atoms in total. The zero-order valence-electron chi connectivity index (χ0n) is 14.0. The lowest BCUT2D eigenvalue weighted by Gasteiger charge is -2.11. The largest absolute Gasteiger partial charge is 0.488 e. The fourth-order valence-corrected chi connectivity index (χ4v) is 2.03. The second-order valence-corrected chi connectivity index (χ2v) is 5.14. The highest BCUT2D eigenvalue weighted by molar-refractivity contribution is 5.94. The number of aromatic nitrogens is 1. The molecule has 25 heavy (non-hydrogen) atoms. The van der Waals surface area contributed by atoms with Crippen molar-refractivity contribution in [3.05, 3.63) is 46.8 Å². The highest BCUT2D eigenvalue weighted by atomic mass is 16.5. The average molecular weight is 342 g/mol. The summed E-state index contributed by atoms with van der Waals surface area (Å²) in [6, 6.07) is 6.62. The van der Waals surface area contributed by atoms with Crippen molar-refractivity contribution in [2.24, 2.45) is 0 Å². The zero-order valence-corrected chi connectivity index (χ0v) is 14.0. The molecule has 0 aliphatic rings. The monoisotopic (exact) mass is 342 g/mol. The maximum absolute atomic E-state index is 12.2. The van der Waals surface area contributed by atoms with E-state index in [-0.39, 0.29) is 18.7 Å². The Hall–Kier alpha value is -3.27. The van der Waals surface area contributed by atoms with E-state index in [1.807, 2.05) is 6.92 Å². The third-order valence-corrected chi connectivity index (χ3v) is 3.38. The summed E-state index contributed by atoms with van der Waals surface area (Å²) in [6.45, 7) is 3.46. The Morgan fingerprint density at radius 3 is 2.76 bits per heavy atom. The first kappa shape index (κ1) is 18.1. The van der Waals surface area contributed by atoms with Gasteiger partial charge in [0.1, 0.15) is 23.7 Å². The molecule has 0 spiro atoms. The molecule has 0 aliphatic carbocycles. The molecule has 2 aromatic rings. The summed E-state index contributed by atoms with van der Waals surface area (Å²) in [6.07, 6.45) is 5.04. The molecule has 0 bridgehead atoms. The predicted molar refractivity (Wildman–Crippen MR) is 88.9 cm³/mol. The highest BCUT2D eigenvalue weighted by Gasteiger charge is 2.16. The van der Waals surface area contributed by atoms with Crippen LogP contribution in [0.15, 0.2) is 28.8 Å². The molecule has 0 saturated heterocycles. The van der Waals surface area contributed by atoms with Gasteiger partial charge in [0.25, 0.3) is 5.91 Å². The van der Waals surface area contributed by atoms with E-state index in [1.165, 1.54) is 0 Å². The number of amides is 1. The van der Waals surface area contributed by atoms with Gasteiger partial charge in [-0.1, -0.05) is 23.2 Å². The van der Waals surface area contributed by atoms with E-state index >= 15 is 0 Å². The number of ether oxygens (including phenoxy) is 2. The van der Waals surface area contributed by atoms with Gasteiger partial charge in [0, 0.05) is 0 Å². The Morgan fingerprint density at radius 2 is 2.08 bits per heavy atom. The van der Waals surface area contributed by atoms with E-state index in [9.17, 15) is 9.59 Å². The number of hydrogen-bond acceptors (Lipinski definition) is 6. The van der Waals surface area contributed by atoms with Crippen molar-refractivity contribution in [1.82, 2.24) is 10.5 Å². The fourth-order valence-electron chi connectivity index (χ4n) is 2.03. The normalized spacial score (nSPS) is 9.96. The van der Waals surface area contributed by atoms with Crippen molar-refractivity contribution >= 4 is 11.9 Å². The first-order chi connectivity index (χ1) is 12.0. The molecule has 0 radical (unpaired) electrons. The minimum atomic E-state index is -0.662. The van der Waals surface area contributed by atoms with Crippen LogP contribution >= 0.6 is 0 Å². The van der Waals surface area contributed by atoms with Crippen LogP contribution in [0.4, 0.5) is 0 Å². The van der Waals surface area contributed by atoms with Crippen LogP contribution in [0, 0.1) is 26.2 Å². The number of carbonyl (C=O) groups excluding carboxylic acids is 2. The number of benzene rings is 1. The summed E-state index contributed by atoms with van der Waals surface area (Å²) in [4.78, 5) is 23.6. The third kappa shape index (κ3) is 4.85. The minimum Gasteiger partial charge on any atom is -0.488 e. The number of nitrogens with one attached hydrogen (secondary N) is 1. The first-order valence-corrected chi connectivity index (χ1v) is 7.53. The summed E-state index contributed by atoms with van der Waals surface area (Å²) < 4.78 is 15.8. The Morgan fingerprint density at radius 1 is 1.32 bits per heavy atom. The van der Waals surface area contributed by atoms with Gasteiger partial charge < -0.3 is 19.3 Å². The molecule has 2 rings (SSSR count). The summed E-state index contributed by atoms with van der Waals surface area (Å²) in [7, 11) is 0. The van der Waals surface area contributed by atoms with Crippen LogP contribution in [-0.4, -0.2) is 30.2 Å². The summed E-state index contributed by atoms with van der Waals surface area (Å²) >= 11 is 0.